The third-order valence-electron chi connectivity index (χ3n) is 10.2. The van der Waals surface area contributed by atoms with Crippen LogP contribution in [0.5, 0.6) is 0 Å². The molecule has 0 aliphatic heterocycles. The molecule has 0 heterocycles. The molecule has 178 valence electrons. The summed E-state index contributed by atoms with van der Waals surface area (Å²) in [5, 5.41) is 33.8. The Morgan fingerprint density at radius 3 is 2.44 bits per heavy atom. The number of allylic oxidation sites excluding steroid dienone is 4. The number of aliphatic hydroxyl groups excluding tert-OH is 1. The van der Waals surface area contributed by atoms with Crippen LogP contribution in [0.1, 0.15) is 86.5 Å². The molecule has 4 rings (SSSR count). The van der Waals surface area contributed by atoms with Gasteiger partial charge in [-0.15, -0.1) is 0 Å². The van der Waals surface area contributed by atoms with Gasteiger partial charge in [0, 0.05) is 11.8 Å². The molecule has 3 saturated carbocycles. The van der Waals surface area contributed by atoms with Crippen molar-refractivity contribution in [2.24, 2.45) is 28.6 Å². The fourth-order valence-corrected chi connectivity index (χ4v) is 7.39. The van der Waals surface area contributed by atoms with E-state index in [1.54, 1.807) is 6.08 Å². The second-order valence-electron chi connectivity index (χ2n) is 12.0. The van der Waals surface area contributed by atoms with E-state index in [1.807, 2.05) is 6.92 Å². The number of hydrogen-bond acceptors (Lipinski definition) is 4. The van der Waals surface area contributed by atoms with E-state index in [1.165, 1.54) is 11.1 Å². The van der Waals surface area contributed by atoms with Crippen molar-refractivity contribution in [2.75, 3.05) is 0 Å². The fraction of sp³-hybridized carbons (Fsp3) is 0.750. The van der Waals surface area contributed by atoms with Crippen molar-refractivity contribution in [1.29, 1.82) is 0 Å². The summed E-state index contributed by atoms with van der Waals surface area (Å²) in [6.45, 7) is 13.1. The van der Waals surface area contributed by atoms with Gasteiger partial charge in [0.2, 0.25) is 0 Å². The van der Waals surface area contributed by atoms with Gasteiger partial charge in [-0.3, -0.25) is 4.79 Å². The lowest BCUT2D eigenvalue weighted by molar-refractivity contribution is -0.221. The van der Waals surface area contributed by atoms with Gasteiger partial charge >= 0.3 is 0 Å². The number of carbonyl (C=O) groups is 1. The molecular formula is C28H42O4. The van der Waals surface area contributed by atoms with Gasteiger partial charge < -0.3 is 15.3 Å². The maximum absolute atomic E-state index is 13.3. The minimum Gasteiger partial charge on any atom is -0.393 e. The van der Waals surface area contributed by atoms with Gasteiger partial charge in [0.05, 0.1) is 11.7 Å². The Balaban J connectivity index is 1.74. The monoisotopic (exact) mass is 442 g/mol. The molecule has 3 fully saturated rings. The van der Waals surface area contributed by atoms with Crippen LogP contribution < -0.4 is 0 Å². The molecule has 0 aromatic heterocycles. The normalized spacial score (nSPS) is 46.6. The van der Waals surface area contributed by atoms with Gasteiger partial charge in [0.1, 0.15) is 5.60 Å². The number of hydrogen-bond donors (Lipinski definition) is 3. The Hall–Kier alpha value is -1.23. The van der Waals surface area contributed by atoms with E-state index < -0.39 is 22.7 Å². The van der Waals surface area contributed by atoms with Crippen molar-refractivity contribution in [3.8, 4) is 0 Å². The second kappa shape index (κ2) is 7.65. The molecule has 7 atom stereocenters. The van der Waals surface area contributed by atoms with E-state index in [-0.39, 0.29) is 23.5 Å². The summed E-state index contributed by atoms with van der Waals surface area (Å²) in [4.78, 5) is 13.3. The summed E-state index contributed by atoms with van der Waals surface area (Å²) in [5.41, 5.74) is -0.328. The Morgan fingerprint density at radius 1 is 1.09 bits per heavy atom. The zero-order chi connectivity index (χ0) is 23.7. The van der Waals surface area contributed by atoms with Crippen molar-refractivity contribution in [2.45, 2.75) is 104 Å². The Morgan fingerprint density at radius 2 is 1.78 bits per heavy atom. The van der Waals surface area contributed by atoms with Gasteiger partial charge in [-0.25, -0.2) is 0 Å². The van der Waals surface area contributed by atoms with Crippen molar-refractivity contribution < 1.29 is 20.1 Å². The summed E-state index contributed by atoms with van der Waals surface area (Å²) in [6, 6.07) is 0. The number of carbonyl (C=O) groups excluding carboxylic acids is 1. The van der Waals surface area contributed by atoms with Gasteiger partial charge in [0.25, 0.3) is 0 Å². The van der Waals surface area contributed by atoms with Gasteiger partial charge in [-0.05, 0) is 80.3 Å². The zero-order valence-corrected chi connectivity index (χ0v) is 20.7. The van der Waals surface area contributed by atoms with Crippen LogP contribution in [0.4, 0.5) is 0 Å². The SMILES string of the molecule is CC(/C=C/[C@H](C)C(C)C)=C1\CC[C@H]2C3=CC(=O)[C@@]4(O)C[C@@H](O)CC[C@]4(C)[C@@]3(O)CC[C@]12C. The summed E-state index contributed by atoms with van der Waals surface area (Å²) in [6.07, 6.45) is 9.70. The summed E-state index contributed by atoms with van der Waals surface area (Å²) in [7, 11) is 0. The van der Waals surface area contributed by atoms with Gasteiger partial charge in [-0.1, -0.05) is 57.9 Å². The van der Waals surface area contributed by atoms with E-state index in [4.69, 9.17) is 0 Å². The molecule has 3 N–H and O–H groups in total. The number of aliphatic hydroxyl groups is 3. The zero-order valence-electron chi connectivity index (χ0n) is 20.7. The van der Waals surface area contributed by atoms with Crippen LogP contribution in [0.2, 0.25) is 0 Å². The first-order valence-corrected chi connectivity index (χ1v) is 12.6. The van der Waals surface area contributed by atoms with E-state index in [0.717, 1.165) is 24.8 Å². The van der Waals surface area contributed by atoms with Crippen LogP contribution in [0.3, 0.4) is 0 Å². The largest absolute Gasteiger partial charge is 0.393 e. The molecule has 0 aromatic rings. The number of fused-ring (bicyclic) bond motifs is 5. The molecule has 4 nitrogen and oxygen atoms in total. The fourth-order valence-electron chi connectivity index (χ4n) is 7.39. The van der Waals surface area contributed by atoms with Crippen molar-refractivity contribution >= 4 is 5.78 Å². The molecule has 0 saturated heterocycles. The highest BCUT2D eigenvalue weighted by atomic mass is 16.3. The molecule has 0 unspecified atom stereocenters. The lowest BCUT2D eigenvalue weighted by Crippen LogP contribution is -2.71. The van der Waals surface area contributed by atoms with Crippen molar-refractivity contribution in [3.05, 3.63) is 34.9 Å². The predicted molar refractivity (Wildman–Crippen MR) is 127 cm³/mol. The molecule has 32 heavy (non-hydrogen) atoms. The van der Waals surface area contributed by atoms with E-state index in [9.17, 15) is 20.1 Å². The van der Waals surface area contributed by atoms with Crippen LogP contribution >= 0.6 is 0 Å². The summed E-state index contributed by atoms with van der Waals surface area (Å²) in [5.74, 6) is 0.902. The lowest BCUT2D eigenvalue weighted by Gasteiger charge is -2.63. The van der Waals surface area contributed by atoms with Crippen LogP contribution in [0.15, 0.2) is 34.9 Å². The summed E-state index contributed by atoms with van der Waals surface area (Å²) >= 11 is 0. The molecule has 0 radical (unpaired) electrons. The second-order valence-corrected chi connectivity index (χ2v) is 12.0. The van der Waals surface area contributed by atoms with Crippen molar-refractivity contribution in [3.63, 3.8) is 0 Å². The molecule has 0 aromatic carbocycles. The maximum Gasteiger partial charge on any atom is 0.188 e. The smallest absolute Gasteiger partial charge is 0.188 e. The van der Waals surface area contributed by atoms with Crippen LogP contribution in [0.25, 0.3) is 0 Å². The minimum atomic E-state index is -1.69. The highest BCUT2D eigenvalue weighted by Gasteiger charge is 2.70. The first-order chi connectivity index (χ1) is 14.8. The van der Waals surface area contributed by atoms with Crippen LogP contribution in [-0.2, 0) is 4.79 Å². The third kappa shape index (κ3) is 3.09. The quantitative estimate of drug-likeness (QED) is 0.582. The third-order valence-corrected chi connectivity index (χ3v) is 10.2. The first kappa shape index (κ1) is 23.9. The predicted octanol–water partition coefficient (Wildman–Crippen LogP) is 4.88. The molecule has 0 amide bonds. The van der Waals surface area contributed by atoms with Crippen molar-refractivity contribution in [1.82, 2.24) is 0 Å². The topological polar surface area (TPSA) is 77.8 Å². The Labute approximate surface area is 193 Å². The molecule has 4 heteroatoms. The van der Waals surface area contributed by atoms with Gasteiger partial charge in [0.15, 0.2) is 5.78 Å². The molecule has 0 spiro atoms. The minimum absolute atomic E-state index is 0.0133. The first-order valence-electron chi connectivity index (χ1n) is 12.6. The molecule has 4 aliphatic rings. The Bertz CT molecular complexity index is 897. The van der Waals surface area contributed by atoms with E-state index in [2.05, 4.69) is 46.8 Å². The highest BCUT2D eigenvalue weighted by molar-refractivity contribution is 6.00. The highest BCUT2D eigenvalue weighted by Crippen LogP contribution is 2.68. The van der Waals surface area contributed by atoms with Crippen LogP contribution in [0, 0.1) is 28.6 Å². The average Bonchev–Trinajstić information content (AvgIpc) is 3.07. The average molecular weight is 443 g/mol. The Kier molecular flexibility index (Phi) is 5.71. The van der Waals surface area contributed by atoms with E-state index >= 15 is 0 Å². The van der Waals surface area contributed by atoms with Gasteiger partial charge in [-0.2, -0.15) is 0 Å². The summed E-state index contributed by atoms with van der Waals surface area (Å²) < 4.78 is 0. The molecular weight excluding hydrogens is 400 g/mol. The van der Waals surface area contributed by atoms with E-state index in [0.29, 0.717) is 31.1 Å². The maximum atomic E-state index is 13.3. The lowest BCUT2D eigenvalue weighted by atomic mass is 9.44. The number of ketones is 1. The molecule has 4 aliphatic carbocycles. The number of rotatable bonds is 3. The standard InChI is InChI=1S/C28H42O4/c1-17(2)18(3)7-8-19(4)21-9-10-22-23-15-24(30)28(32)16-20(29)11-12-26(28,6)27(23,31)14-13-25(21,22)5/h7-8,15,17-18,20,22,29,31-32H,9-14,16H2,1-6H3/b8-7+,21-19-/t18-,20-,22-,25+,26+,27+,28-/m0/s1. The van der Waals surface area contributed by atoms with Crippen LogP contribution in [-0.4, -0.2) is 38.4 Å². The molecule has 0 bridgehead atoms.